The van der Waals surface area contributed by atoms with E-state index in [-0.39, 0.29) is 42.0 Å². The predicted octanol–water partition coefficient (Wildman–Crippen LogP) is 1.64. The molecule has 20 heavy (non-hydrogen) atoms. The van der Waals surface area contributed by atoms with Crippen LogP contribution >= 0.6 is 0 Å². The Kier molecular flexibility index (Phi) is 3.07. The molecule has 0 amide bonds. The molecular formula is C15H18N2O3. The maximum Gasteiger partial charge on any atom is 0.153 e. The van der Waals surface area contributed by atoms with Crippen LogP contribution in [0.4, 0.5) is 0 Å². The molecule has 1 N–H and O–H groups in total. The number of aryl methyl sites for hydroxylation is 2. The second kappa shape index (κ2) is 4.65. The Labute approximate surface area is 117 Å². The van der Waals surface area contributed by atoms with Gasteiger partial charge in [0.2, 0.25) is 0 Å². The number of H-pyrrole nitrogens is 1. The Bertz CT molecular complexity index is 561. The van der Waals surface area contributed by atoms with Crippen LogP contribution in [-0.4, -0.2) is 27.5 Å². The van der Waals surface area contributed by atoms with Gasteiger partial charge in [-0.3, -0.25) is 19.5 Å². The lowest BCUT2D eigenvalue weighted by molar-refractivity contribution is -0.143. The zero-order valence-corrected chi connectivity index (χ0v) is 11.7. The number of carbonyl (C=O) groups excluding carboxylic acids is 3. The van der Waals surface area contributed by atoms with E-state index in [1.165, 1.54) is 0 Å². The lowest BCUT2D eigenvalue weighted by atomic mass is 9.74. The Morgan fingerprint density at radius 3 is 2.20 bits per heavy atom. The van der Waals surface area contributed by atoms with Crippen molar-refractivity contribution in [3.8, 4) is 0 Å². The summed E-state index contributed by atoms with van der Waals surface area (Å²) in [4.78, 5) is 36.5. The first kappa shape index (κ1) is 13.2. The van der Waals surface area contributed by atoms with Gasteiger partial charge in [0, 0.05) is 30.4 Å². The van der Waals surface area contributed by atoms with Crippen molar-refractivity contribution >= 4 is 17.3 Å². The Balaban J connectivity index is 1.82. The second-order valence-electron chi connectivity index (χ2n) is 6.00. The van der Waals surface area contributed by atoms with Crippen molar-refractivity contribution in [2.24, 2.45) is 11.8 Å². The van der Waals surface area contributed by atoms with E-state index >= 15 is 0 Å². The van der Waals surface area contributed by atoms with Gasteiger partial charge in [-0.05, 0) is 32.3 Å². The highest BCUT2D eigenvalue weighted by molar-refractivity contribution is 6.21. The van der Waals surface area contributed by atoms with Crippen LogP contribution in [0.5, 0.6) is 0 Å². The molecule has 0 radical (unpaired) electrons. The highest BCUT2D eigenvalue weighted by Crippen LogP contribution is 2.39. The minimum absolute atomic E-state index is 0.0400. The van der Waals surface area contributed by atoms with Crippen LogP contribution in [0, 0.1) is 25.7 Å². The number of rotatable bonds is 3. The molecular weight excluding hydrogens is 256 g/mol. The average molecular weight is 274 g/mol. The molecule has 0 bridgehead atoms. The van der Waals surface area contributed by atoms with Gasteiger partial charge in [0.1, 0.15) is 5.92 Å². The van der Waals surface area contributed by atoms with Gasteiger partial charge in [0.15, 0.2) is 17.3 Å². The predicted molar refractivity (Wildman–Crippen MR) is 71.3 cm³/mol. The molecule has 0 unspecified atom stereocenters. The van der Waals surface area contributed by atoms with E-state index in [0.29, 0.717) is 0 Å². The first-order valence-corrected chi connectivity index (χ1v) is 7.09. The molecule has 2 fully saturated rings. The number of aromatic amines is 1. The molecule has 0 aromatic carbocycles. The first-order chi connectivity index (χ1) is 9.49. The van der Waals surface area contributed by atoms with Gasteiger partial charge in [0.25, 0.3) is 0 Å². The van der Waals surface area contributed by atoms with Crippen molar-refractivity contribution in [2.45, 2.75) is 45.4 Å². The number of nitrogens with one attached hydrogen (secondary N) is 1. The molecule has 3 rings (SSSR count). The molecule has 5 heteroatoms. The minimum atomic E-state index is -0.980. The van der Waals surface area contributed by atoms with Crippen molar-refractivity contribution in [1.82, 2.24) is 10.2 Å². The summed E-state index contributed by atoms with van der Waals surface area (Å²) in [5.41, 5.74) is 2.70. The Morgan fingerprint density at radius 1 is 1.15 bits per heavy atom. The summed E-state index contributed by atoms with van der Waals surface area (Å²) in [6.45, 7) is 3.76. The Morgan fingerprint density at radius 2 is 1.75 bits per heavy atom. The molecule has 2 aliphatic carbocycles. The maximum atomic E-state index is 12.2. The Hall–Kier alpha value is -1.78. The molecule has 2 aliphatic rings. The van der Waals surface area contributed by atoms with E-state index in [0.717, 1.165) is 29.8 Å². The van der Waals surface area contributed by atoms with E-state index in [1.54, 1.807) is 0 Å². The number of nitrogens with zero attached hydrogens (tertiary/aromatic N) is 1. The number of carbonyl (C=O) groups is 3. The molecule has 1 heterocycles. The molecule has 106 valence electrons. The van der Waals surface area contributed by atoms with Crippen LogP contribution in [0.15, 0.2) is 0 Å². The highest BCUT2D eigenvalue weighted by Gasteiger charge is 2.46. The van der Waals surface area contributed by atoms with Gasteiger partial charge < -0.3 is 0 Å². The van der Waals surface area contributed by atoms with Crippen molar-refractivity contribution in [2.75, 3.05) is 0 Å². The third kappa shape index (κ3) is 2.11. The molecule has 1 aromatic heterocycles. The van der Waals surface area contributed by atoms with E-state index < -0.39 is 5.92 Å². The van der Waals surface area contributed by atoms with Gasteiger partial charge >= 0.3 is 0 Å². The highest BCUT2D eigenvalue weighted by atomic mass is 16.2. The fraction of sp³-hybridized carbons (Fsp3) is 0.600. The van der Waals surface area contributed by atoms with Crippen LogP contribution in [0.1, 0.15) is 48.6 Å². The van der Waals surface area contributed by atoms with Crippen molar-refractivity contribution in [1.29, 1.82) is 0 Å². The topological polar surface area (TPSA) is 79.9 Å². The second-order valence-corrected chi connectivity index (χ2v) is 6.00. The molecule has 1 aromatic rings. The number of hydrogen-bond donors (Lipinski definition) is 1. The third-order valence-corrected chi connectivity index (χ3v) is 4.40. The van der Waals surface area contributed by atoms with Crippen molar-refractivity contribution in [3.63, 3.8) is 0 Å². The zero-order chi connectivity index (χ0) is 14.4. The van der Waals surface area contributed by atoms with E-state index in [2.05, 4.69) is 10.2 Å². The van der Waals surface area contributed by atoms with Crippen LogP contribution in [0.2, 0.25) is 0 Å². The summed E-state index contributed by atoms with van der Waals surface area (Å²) < 4.78 is 0. The zero-order valence-electron chi connectivity index (χ0n) is 11.7. The van der Waals surface area contributed by atoms with E-state index in [9.17, 15) is 14.4 Å². The lowest BCUT2D eigenvalue weighted by Crippen LogP contribution is -2.39. The monoisotopic (exact) mass is 274 g/mol. The standard InChI is InChI=1S/C15H18N2O3/c1-7-13(8(2)17-16-7)10-5-11(18)14(12(19)6-10)15(20)9-3-4-9/h9-10,14H,3-6H2,1-2H3,(H,16,17). The summed E-state index contributed by atoms with van der Waals surface area (Å²) in [5.74, 6) is -1.70. The molecule has 5 nitrogen and oxygen atoms in total. The SMILES string of the molecule is Cc1n[nH]c(C)c1C1CC(=O)C(C(=O)C2CC2)C(=O)C1. The van der Waals surface area contributed by atoms with Gasteiger partial charge in [-0.2, -0.15) is 5.10 Å². The van der Waals surface area contributed by atoms with E-state index in [1.807, 2.05) is 13.8 Å². The molecule has 0 aliphatic heterocycles. The van der Waals surface area contributed by atoms with Crippen LogP contribution < -0.4 is 0 Å². The number of aromatic nitrogens is 2. The summed E-state index contributed by atoms with van der Waals surface area (Å²) in [6.07, 6.45) is 2.21. The molecule has 2 saturated carbocycles. The normalized spacial score (nSPS) is 26.9. The van der Waals surface area contributed by atoms with Crippen LogP contribution in [0.3, 0.4) is 0 Å². The average Bonchev–Trinajstić information content (AvgIpc) is 3.15. The fourth-order valence-corrected chi connectivity index (χ4v) is 3.26. The maximum absolute atomic E-state index is 12.2. The third-order valence-electron chi connectivity index (χ3n) is 4.40. The fourth-order valence-electron chi connectivity index (χ4n) is 3.26. The summed E-state index contributed by atoms with van der Waals surface area (Å²) >= 11 is 0. The van der Waals surface area contributed by atoms with Gasteiger partial charge in [-0.1, -0.05) is 0 Å². The van der Waals surface area contributed by atoms with Gasteiger partial charge in [0.05, 0.1) is 5.69 Å². The number of ketones is 3. The largest absolute Gasteiger partial charge is 0.298 e. The van der Waals surface area contributed by atoms with Crippen molar-refractivity contribution < 1.29 is 14.4 Å². The van der Waals surface area contributed by atoms with Crippen LogP contribution in [-0.2, 0) is 14.4 Å². The summed E-state index contributed by atoms with van der Waals surface area (Å²) in [6, 6.07) is 0. The van der Waals surface area contributed by atoms with Crippen LogP contribution in [0.25, 0.3) is 0 Å². The van der Waals surface area contributed by atoms with Gasteiger partial charge in [-0.25, -0.2) is 0 Å². The van der Waals surface area contributed by atoms with Crippen molar-refractivity contribution in [3.05, 3.63) is 17.0 Å². The minimum Gasteiger partial charge on any atom is -0.298 e. The number of hydrogen-bond acceptors (Lipinski definition) is 4. The quantitative estimate of drug-likeness (QED) is 0.850. The number of Topliss-reactive ketones (excluding diaryl/α,β-unsaturated/α-hetero) is 3. The molecule has 0 spiro atoms. The summed E-state index contributed by atoms with van der Waals surface area (Å²) in [7, 11) is 0. The molecule has 0 saturated heterocycles. The van der Waals surface area contributed by atoms with Gasteiger partial charge in [-0.15, -0.1) is 0 Å². The molecule has 0 atom stereocenters. The first-order valence-electron chi connectivity index (χ1n) is 7.09. The lowest BCUT2D eigenvalue weighted by Gasteiger charge is -2.26. The van der Waals surface area contributed by atoms with E-state index in [4.69, 9.17) is 0 Å². The smallest absolute Gasteiger partial charge is 0.153 e. The summed E-state index contributed by atoms with van der Waals surface area (Å²) in [5, 5.41) is 7.01.